The van der Waals surface area contributed by atoms with Crippen LogP contribution in [0.5, 0.6) is 5.75 Å². The third-order valence-electron chi connectivity index (χ3n) is 9.90. The van der Waals surface area contributed by atoms with Crippen LogP contribution in [0.2, 0.25) is 0 Å². The minimum atomic E-state index is -0.400. The van der Waals surface area contributed by atoms with E-state index in [-0.39, 0.29) is 0 Å². The monoisotopic (exact) mass is 673 g/mol. The fourth-order valence-corrected chi connectivity index (χ4v) is 7.22. The molecular weight excluding hydrogens is 639 g/mol. The van der Waals surface area contributed by atoms with Gasteiger partial charge in [0.2, 0.25) is 0 Å². The average molecular weight is 674 g/mol. The quantitative estimate of drug-likeness (QED) is 0.183. The fourth-order valence-electron chi connectivity index (χ4n) is 7.22. The van der Waals surface area contributed by atoms with Crippen LogP contribution in [-0.2, 0) is 0 Å². The van der Waals surface area contributed by atoms with Crippen LogP contribution in [0, 0.1) is 20.8 Å². The molecule has 0 radical (unpaired) electrons. The molecule has 5 heterocycles. The molecule has 250 valence electrons. The van der Waals surface area contributed by atoms with Crippen molar-refractivity contribution in [2.45, 2.75) is 20.8 Å². The molecule has 0 aliphatic carbocycles. The summed E-state index contributed by atoms with van der Waals surface area (Å²) in [6, 6.07) is 45.6. The Morgan fingerprint density at radius 3 is 1.35 bits per heavy atom. The molecule has 0 saturated heterocycles. The first kappa shape index (κ1) is 31.3. The molecule has 0 unspecified atom stereocenters. The van der Waals surface area contributed by atoms with Crippen LogP contribution in [0.1, 0.15) is 38.4 Å². The predicted octanol–water partition coefficient (Wildman–Crippen LogP) is 11.9. The fraction of sp³-hybridized carbons (Fsp3) is 0.0638. The summed E-state index contributed by atoms with van der Waals surface area (Å²) in [5, 5.41) is 0. The summed E-state index contributed by atoms with van der Waals surface area (Å²) in [5.41, 5.74) is 16.6. The summed E-state index contributed by atoms with van der Waals surface area (Å²) < 4.78 is 6.23. The first-order chi connectivity index (χ1) is 25.4. The van der Waals surface area contributed by atoms with Gasteiger partial charge in [0.1, 0.15) is 5.75 Å². The largest absolute Gasteiger partial charge is 0.422 e. The van der Waals surface area contributed by atoms with Crippen LogP contribution in [0.4, 0.5) is 0 Å². The van der Waals surface area contributed by atoms with E-state index < -0.39 is 5.97 Å². The summed E-state index contributed by atoms with van der Waals surface area (Å²) in [6.07, 6.45) is 4.21. The number of carbonyl (C=O) groups is 1. The van der Waals surface area contributed by atoms with E-state index in [1.54, 1.807) is 0 Å². The lowest BCUT2D eigenvalue weighted by Crippen LogP contribution is -2.03. The zero-order chi connectivity index (χ0) is 35.3. The van der Waals surface area contributed by atoms with Gasteiger partial charge in [-0.15, -0.1) is 0 Å². The lowest BCUT2D eigenvalue weighted by Gasteiger charge is -2.07. The van der Waals surface area contributed by atoms with Gasteiger partial charge >= 0.3 is 5.97 Å². The molecule has 8 bridgehead atoms. The number of H-pyrrole nitrogens is 2. The van der Waals surface area contributed by atoms with Gasteiger partial charge in [-0.3, -0.25) is 0 Å². The molecule has 0 spiro atoms. The number of ether oxygens (including phenoxy) is 1. The zero-order valence-electron chi connectivity index (χ0n) is 29.1. The van der Waals surface area contributed by atoms with E-state index in [0.717, 1.165) is 83.5 Å². The van der Waals surface area contributed by atoms with Crippen LogP contribution >= 0.6 is 0 Å². The Balaban J connectivity index is 1.48. The first-order valence-electron chi connectivity index (χ1n) is 17.5. The third-order valence-corrected chi connectivity index (χ3v) is 9.90. The number of hydrogen-bond donors (Lipinski definition) is 2. The standard InChI is InChI=1S/C47H35N3O2/c1-28-9-15-32(16-10-28)43-35-27-42(52-47(35)51)46(31-7-5-4-6-8-31)41-26-25-40(50-41)45(34-19-13-30(3)14-20-34)39-24-23-38(49-39)44(37-22-21-36(43)48-37)33-17-11-29(2)12-18-33/h4-27,48,50H,1-3H3. The minimum Gasteiger partial charge on any atom is -0.422 e. The highest BCUT2D eigenvalue weighted by atomic mass is 16.5. The van der Waals surface area contributed by atoms with Gasteiger partial charge in [0.05, 0.1) is 22.5 Å². The molecule has 0 saturated carbocycles. The van der Waals surface area contributed by atoms with E-state index in [9.17, 15) is 4.79 Å². The van der Waals surface area contributed by atoms with E-state index >= 15 is 0 Å². The van der Waals surface area contributed by atoms with E-state index in [2.05, 4.69) is 140 Å². The molecule has 0 fully saturated rings. The molecule has 2 aliphatic rings. The number of hydrogen-bond acceptors (Lipinski definition) is 3. The molecule has 7 aromatic rings. The number of carbonyl (C=O) groups excluding carboxylic acids is 1. The molecule has 0 atom stereocenters. The predicted molar refractivity (Wildman–Crippen MR) is 213 cm³/mol. The van der Waals surface area contributed by atoms with Gasteiger partial charge in [0.15, 0.2) is 0 Å². The average Bonchev–Trinajstić information content (AvgIpc) is 3.99. The summed E-state index contributed by atoms with van der Waals surface area (Å²) in [6.45, 7) is 6.25. The smallest absolute Gasteiger partial charge is 0.344 e. The Bertz CT molecular complexity index is 2710. The molecule has 5 heteroatoms. The van der Waals surface area contributed by atoms with Crippen molar-refractivity contribution in [2.24, 2.45) is 0 Å². The minimum absolute atomic E-state index is 0.400. The number of aromatic nitrogens is 3. The SMILES string of the molecule is Cc1ccc(-c2c3cc(c(-c4ccccc4)c4ccc([nH]4)c(-c4ccc(C)cc4)c4nc(c(-c5ccc(C)cc5)c5ccc2[nH]5)C=C4)OC3=O)cc1. The Hall–Kier alpha value is -6.72. The Labute approximate surface area is 302 Å². The third kappa shape index (κ3) is 5.53. The van der Waals surface area contributed by atoms with Crippen LogP contribution in [0.3, 0.4) is 0 Å². The van der Waals surface area contributed by atoms with Gasteiger partial charge in [-0.25, -0.2) is 9.78 Å². The topological polar surface area (TPSA) is 70.8 Å². The highest BCUT2D eigenvalue weighted by molar-refractivity contribution is 6.07. The van der Waals surface area contributed by atoms with Crippen LogP contribution in [-0.4, -0.2) is 20.9 Å². The maximum absolute atomic E-state index is 14.1. The van der Waals surface area contributed by atoms with E-state index in [1.807, 2.05) is 36.4 Å². The summed E-state index contributed by atoms with van der Waals surface area (Å²) in [7, 11) is 0. The Kier molecular flexibility index (Phi) is 7.55. The van der Waals surface area contributed by atoms with Crippen LogP contribution in [0.25, 0.3) is 78.7 Å². The lowest BCUT2D eigenvalue weighted by molar-refractivity contribution is 0.0755. The van der Waals surface area contributed by atoms with Gasteiger partial charge in [-0.1, -0.05) is 120 Å². The second-order valence-corrected chi connectivity index (χ2v) is 13.6. The number of esters is 1. The van der Waals surface area contributed by atoms with E-state index in [4.69, 9.17) is 9.72 Å². The molecule has 0 amide bonds. The van der Waals surface area contributed by atoms with Crippen molar-refractivity contribution >= 4 is 40.2 Å². The highest BCUT2D eigenvalue weighted by Crippen LogP contribution is 2.41. The summed E-state index contributed by atoms with van der Waals surface area (Å²) >= 11 is 0. The van der Waals surface area contributed by atoms with Crippen molar-refractivity contribution in [3.63, 3.8) is 0 Å². The first-order valence-corrected chi connectivity index (χ1v) is 17.5. The second kappa shape index (κ2) is 12.6. The van der Waals surface area contributed by atoms with E-state index in [0.29, 0.717) is 11.3 Å². The van der Waals surface area contributed by atoms with Gasteiger partial charge < -0.3 is 14.7 Å². The van der Waals surface area contributed by atoms with Gasteiger partial charge in [0, 0.05) is 38.8 Å². The van der Waals surface area contributed by atoms with Gasteiger partial charge in [-0.05, 0) is 85.5 Å². The Morgan fingerprint density at radius 2 is 0.865 bits per heavy atom. The zero-order valence-corrected chi connectivity index (χ0v) is 29.1. The van der Waals surface area contributed by atoms with Crippen molar-refractivity contribution in [3.8, 4) is 50.3 Å². The molecular formula is C47H35N3O2. The second-order valence-electron chi connectivity index (χ2n) is 13.6. The number of nitrogens with one attached hydrogen (secondary N) is 2. The molecule has 5 nitrogen and oxygen atoms in total. The maximum atomic E-state index is 14.1. The van der Waals surface area contributed by atoms with Gasteiger partial charge in [-0.2, -0.15) is 0 Å². The van der Waals surface area contributed by atoms with E-state index in [1.165, 1.54) is 11.1 Å². The lowest BCUT2D eigenvalue weighted by atomic mass is 9.99. The number of fused-ring (bicyclic) bond motifs is 8. The maximum Gasteiger partial charge on any atom is 0.344 e. The van der Waals surface area contributed by atoms with Crippen molar-refractivity contribution < 1.29 is 9.53 Å². The summed E-state index contributed by atoms with van der Waals surface area (Å²) in [4.78, 5) is 26.9. The molecule has 2 N–H and O–H groups in total. The number of nitrogens with zero attached hydrogens (tertiary/aromatic N) is 1. The Morgan fingerprint density at radius 1 is 0.462 bits per heavy atom. The van der Waals surface area contributed by atoms with Gasteiger partial charge in [0.25, 0.3) is 0 Å². The molecule has 4 aromatic carbocycles. The highest BCUT2D eigenvalue weighted by Gasteiger charge is 2.26. The normalized spacial score (nSPS) is 12.2. The van der Waals surface area contributed by atoms with Crippen LogP contribution < -0.4 is 4.74 Å². The van der Waals surface area contributed by atoms with Crippen molar-refractivity contribution in [2.75, 3.05) is 0 Å². The van der Waals surface area contributed by atoms with Crippen molar-refractivity contribution in [1.82, 2.24) is 15.0 Å². The number of rotatable bonds is 4. The number of aryl methyl sites for hydroxylation is 3. The number of aromatic amines is 2. The summed E-state index contributed by atoms with van der Waals surface area (Å²) in [5.74, 6) is 0.0865. The number of benzene rings is 4. The molecule has 9 rings (SSSR count). The molecule has 3 aromatic heterocycles. The molecule has 52 heavy (non-hydrogen) atoms. The van der Waals surface area contributed by atoms with Crippen molar-refractivity contribution in [3.05, 3.63) is 167 Å². The molecule has 2 aliphatic heterocycles. The van der Waals surface area contributed by atoms with Crippen molar-refractivity contribution in [1.29, 1.82) is 0 Å². The van der Waals surface area contributed by atoms with Crippen LogP contribution in [0.15, 0.2) is 133 Å².